The highest BCUT2D eigenvalue weighted by Crippen LogP contribution is 2.25. The molecule has 0 aliphatic rings. The van der Waals surface area contributed by atoms with Crippen LogP contribution in [-0.2, 0) is 6.54 Å². The summed E-state index contributed by atoms with van der Waals surface area (Å²) in [5, 5.41) is 7.96. The minimum Gasteiger partial charge on any atom is -0.305 e. The largest absolute Gasteiger partial charge is 0.305 e. The number of nitrogens with one attached hydrogen (secondary N) is 1. The molecule has 3 nitrogen and oxygen atoms in total. The smallest absolute Gasteiger partial charge is 0.0750 e. The van der Waals surface area contributed by atoms with Crippen molar-refractivity contribution in [3.8, 4) is 0 Å². The standard InChI is InChI=1S/C16H23N3/c1-5-17-16(15-9-10-18-19(15)6-2)14-8-7-12(3)11-13(14)4/h7-11,16-17H,5-6H2,1-4H3. The minimum atomic E-state index is 0.216. The van der Waals surface area contributed by atoms with Gasteiger partial charge in [-0.2, -0.15) is 5.10 Å². The maximum Gasteiger partial charge on any atom is 0.0750 e. The lowest BCUT2D eigenvalue weighted by atomic mass is 9.97. The van der Waals surface area contributed by atoms with E-state index in [1.54, 1.807) is 0 Å². The van der Waals surface area contributed by atoms with Gasteiger partial charge in [-0.1, -0.05) is 30.7 Å². The summed E-state index contributed by atoms with van der Waals surface area (Å²) in [4.78, 5) is 0. The Morgan fingerprint density at radius 1 is 1.21 bits per heavy atom. The second kappa shape index (κ2) is 6.02. The molecule has 1 N–H and O–H groups in total. The van der Waals surface area contributed by atoms with Gasteiger partial charge in [0.1, 0.15) is 0 Å². The summed E-state index contributed by atoms with van der Waals surface area (Å²) in [6, 6.07) is 8.97. The molecule has 0 fully saturated rings. The highest BCUT2D eigenvalue weighted by Gasteiger charge is 2.18. The molecule has 1 atom stereocenters. The zero-order valence-electron chi connectivity index (χ0n) is 12.3. The molecule has 0 aliphatic carbocycles. The molecular weight excluding hydrogens is 234 g/mol. The van der Waals surface area contributed by atoms with E-state index in [2.05, 4.69) is 67.1 Å². The summed E-state index contributed by atoms with van der Waals surface area (Å²) in [6.45, 7) is 10.4. The van der Waals surface area contributed by atoms with Crippen LogP contribution in [0.3, 0.4) is 0 Å². The normalized spacial score (nSPS) is 12.6. The van der Waals surface area contributed by atoms with Gasteiger partial charge in [0.2, 0.25) is 0 Å². The number of nitrogens with zero attached hydrogens (tertiary/aromatic N) is 2. The SMILES string of the molecule is CCNC(c1ccc(C)cc1C)c1ccnn1CC. The highest BCUT2D eigenvalue weighted by atomic mass is 15.3. The van der Waals surface area contributed by atoms with Gasteiger partial charge in [0.25, 0.3) is 0 Å². The number of rotatable bonds is 5. The van der Waals surface area contributed by atoms with Crippen molar-refractivity contribution in [3.05, 3.63) is 52.8 Å². The van der Waals surface area contributed by atoms with Crippen molar-refractivity contribution in [1.29, 1.82) is 0 Å². The van der Waals surface area contributed by atoms with Gasteiger partial charge in [-0.15, -0.1) is 0 Å². The van der Waals surface area contributed by atoms with Crippen molar-refractivity contribution < 1.29 is 0 Å². The van der Waals surface area contributed by atoms with Crippen LogP contribution in [0.4, 0.5) is 0 Å². The molecule has 0 amide bonds. The molecule has 1 heterocycles. The average molecular weight is 257 g/mol. The van der Waals surface area contributed by atoms with Crippen LogP contribution in [0.15, 0.2) is 30.5 Å². The van der Waals surface area contributed by atoms with Crippen LogP contribution in [0.2, 0.25) is 0 Å². The Kier molecular flexibility index (Phi) is 4.38. The average Bonchev–Trinajstić information content (AvgIpc) is 2.85. The predicted octanol–water partition coefficient (Wildman–Crippen LogP) is 3.22. The van der Waals surface area contributed by atoms with E-state index in [0.29, 0.717) is 0 Å². The van der Waals surface area contributed by atoms with E-state index in [1.165, 1.54) is 22.4 Å². The number of aryl methyl sites for hydroxylation is 3. The fraction of sp³-hybridized carbons (Fsp3) is 0.438. The van der Waals surface area contributed by atoms with E-state index in [1.807, 2.05) is 6.20 Å². The second-order valence-corrected chi connectivity index (χ2v) is 4.92. The second-order valence-electron chi connectivity index (χ2n) is 4.92. The third-order valence-electron chi connectivity index (χ3n) is 3.49. The molecule has 3 heteroatoms. The number of hydrogen-bond acceptors (Lipinski definition) is 2. The van der Waals surface area contributed by atoms with Crippen molar-refractivity contribution in [2.75, 3.05) is 6.54 Å². The molecule has 102 valence electrons. The lowest BCUT2D eigenvalue weighted by Gasteiger charge is -2.21. The van der Waals surface area contributed by atoms with E-state index >= 15 is 0 Å². The van der Waals surface area contributed by atoms with Crippen LogP contribution in [-0.4, -0.2) is 16.3 Å². The Bertz CT molecular complexity index is 543. The summed E-state index contributed by atoms with van der Waals surface area (Å²) in [6.07, 6.45) is 1.88. The molecule has 19 heavy (non-hydrogen) atoms. The van der Waals surface area contributed by atoms with Gasteiger partial charge in [0.05, 0.1) is 11.7 Å². The molecule has 0 aliphatic heterocycles. The van der Waals surface area contributed by atoms with Crippen molar-refractivity contribution in [1.82, 2.24) is 15.1 Å². The van der Waals surface area contributed by atoms with Gasteiger partial charge in [0.15, 0.2) is 0 Å². The fourth-order valence-electron chi connectivity index (χ4n) is 2.58. The Morgan fingerprint density at radius 2 is 2.00 bits per heavy atom. The first-order valence-electron chi connectivity index (χ1n) is 6.99. The maximum atomic E-state index is 4.39. The van der Waals surface area contributed by atoms with Crippen LogP contribution in [0.25, 0.3) is 0 Å². The molecule has 1 unspecified atom stereocenters. The first-order valence-corrected chi connectivity index (χ1v) is 6.99. The Balaban J connectivity index is 2.45. The van der Waals surface area contributed by atoms with E-state index in [9.17, 15) is 0 Å². The van der Waals surface area contributed by atoms with Crippen LogP contribution < -0.4 is 5.32 Å². The maximum absolute atomic E-state index is 4.39. The Morgan fingerprint density at radius 3 is 2.63 bits per heavy atom. The summed E-state index contributed by atoms with van der Waals surface area (Å²) in [5.74, 6) is 0. The number of hydrogen-bond donors (Lipinski definition) is 1. The quantitative estimate of drug-likeness (QED) is 0.891. The van der Waals surface area contributed by atoms with E-state index < -0.39 is 0 Å². The van der Waals surface area contributed by atoms with E-state index in [-0.39, 0.29) is 6.04 Å². The zero-order chi connectivity index (χ0) is 13.8. The first-order chi connectivity index (χ1) is 9.17. The zero-order valence-corrected chi connectivity index (χ0v) is 12.3. The van der Waals surface area contributed by atoms with E-state index in [0.717, 1.165) is 13.1 Å². The molecule has 2 aromatic rings. The molecule has 0 bridgehead atoms. The highest BCUT2D eigenvalue weighted by molar-refractivity contribution is 5.37. The van der Waals surface area contributed by atoms with Crippen molar-refractivity contribution in [2.45, 2.75) is 40.3 Å². The van der Waals surface area contributed by atoms with Gasteiger partial charge in [-0.05, 0) is 44.5 Å². The molecule has 0 saturated carbocycles. The minimum absolute atomic E-state index is 0.216. The summed E-state index contributed by atoms with van der Waals surface area (Å²) in [7, 11) is 0. The number of benzene rings is 1. The molecule has 1 aromatic carbocycles. The van der Waals surface area contributed by atoms with Gasteiger partial charge >= 0.3 is 0 Å². The third-order valence-corrected chi connectivity index (χ3v) is 3.49. The number of aromatic nitrogens is 2. The van der Waals surface area contributed by atoms with Crippen molar-refractivity contribution >= 4 is 0 Å². The topological polar surface area (TPSA) is 29.9 Å². The van der Waals surface area contributed by atoms with Crippen LogP contribution in [0, 0.1) is 13.8 Å². The lowest BCUT2D eigenvalue weighted by Crippen LogP contribution is -2.25. The van der Waals surface area contributed by atoms with Crippen molar-refractivity contribution in [2.24, 2.45) is 0 Å². The Labute approximate surface area is 115 Å². The molecule has 2 rings (SSSR count). The molecule has 0 radical (unpaired) electrons. The molecule has 1 aromatic heterocycles. The third kappa shape index (κ3) is 2.87. The monoisotopic (exact) mass is 257 g/mol. The Hall–Kier alpha value is -1.61. The lowest BCUT2D eigenvalue weighted by molar-refractivity contribution is 0.541. The van der Waals surface area contributed by atoms with Gasteiger partial charge in [-0.25, -0.2) is 0 Å². The predicted molar refractivity (Wildman–Crippen MR) is 79.3 cm³/mol. The summed E-state index contributed by atoms with van der Waals surface area (Å²) in [5.41, 5.74) is 5.20. The first kappa shape index (κ1) is 13.8. The van der Waals surface area contributed by atoms with Crippen molar-refractivity contribution in [3.63, 3.8) is 0 Å². The van der Waals surface area contributed by atoms with E-state index in [4.69, 9.17) is 0 Å². The van der Waals surface area contributed by atoms with Gasteiger partial charge in [0, 0.05) is 12.7 Å². The van der Waals surface area contributed by atoms with Gasteiger partial charge in [-0.3, -0.25) is 4.68 Å². The summed E-state index contributed by atoms with van der Waals surface area (Å²) < 4.78 is 2.06. The fourth-order valence-corrected chi connectivity index (χ4v) is 2.58. The molecule has 0 spiro atoms. The van der Waals surface area contributed by atoms with Gasteiger partial charge < -0.3 is 5.32 Å². The molecule has 0 saturated heterocycles. The van der Waals surface area contributed by atoms with Crippen LogP contribution >= 0.6 is 0 Å². The summed E-state index contributed by atoms with van der Waals surface area (Å²) >= 11 is 0. The van der Waals surface area contributed by atoms with Crippen LogP contribution in [0.1, 0.15) is 42.3 Å². The molecular formula is C16H23N3. The van der Waals surface area contributed by atoms with Crippen LogP contribution in [0.5, 0.6) is 0 Å².